The van der Waals surface area contributed by atoms with Crippen LogP contribution in [0.2, 0.25) is 0 Å². The molecule has 15 heavy (non-hydrogen) atoms. The second-order valence-corrected chi connectivity index (χ2v) is 4.28. The van der Waals surface area contributed by atoms with E-state index in [1.165, 1.54) is 6.07 Å². The highest BCUT2D eigenvalue weighted by Crippen LogP contribution is 2.23. The summed E-state index contributed by atoms with van der Waals surface area (Å²) >= 11 is 0. The van der Waals surface area contributed by atoms with Gasteiger partial charge in [-0.1, -0.05) is 18.2 Å². The molecule has 2 nitrogen and oxygen atoms in total. The van der Waals surface area contributed by atoms with Crippen molar-refractivity contribution in [3.63, 3.8) is 0 Å². The molecule has 3 heteroatoms. The molecule has 1 rings (SSSR count). The zero-order valence-electron chi connectivity index (χ0n) is 8.96. The van der Waals surface area contributed by atoms with Crippen molar-refractivity contribution in [3.8, 4) is 0 Å². The highest BCUT2D eigenvalue weighted by molar-refractivity contribution is 5.73. The second-order valence-electron chi connectivity index (χ2n) is 4.28. The lowest BCUT2D eigenvalue weighted by Crippen LogP contribution is -2.24. The molecule has 1 aromatic rings. The van der Waals surface area contributed by atoms with Gasteiger partial charge in [0.25, 0.3) is 0 Å². The van der Waals surface area contributed by atoms with E-state index in [0.717, 1.165) is 0 Å². The van der Waals surface area contributed by atoms with Gasteiger partial charge in [0, 0.05) is 0 Å². The number of hydrogen-bond acceptors (Lipinski definition) is 1. The number of hydrogen-bond donors (Lipinski definition) is 1. The molecular formula is C12H15FO2. The third-order valence-corrected chi connectivity index (χ3v) is 2.56. The van der Waals surface area contributed by atoms with Gasteiger partial charge in [-0.05, 0) is 38.3 Å². The predicted octanol–water partition coefficient (Wildman–Crippen LogP) is 2.87. The van der Waals surface area contributed by atoms with Crippen LogP contribution in [-0.4, -0.2) is 11.1 Å². The van der Waals surface area contributed by atoms with E-state index in [0.29, 0.717) is 18.4 Å². The van der Waals surface area contributed by atoms with Gasteiger partial charge in [-0.3, -0.25) is 4.79 Å². The van der Waals surface area contributed by atoms with E-state index in [9.17, 15) is 9.18 Å². The molecule has 0 bridgehead atoms. The number of carbonyl (C=O) groups is 1. The summed E-state index contributed by atoms with van der Waals surface area (Å²) in [4.78, 5) is 10.8. The topological polar surface area (TPSA) is 37.3 Å². The zero-order valence-corrected chi connectivity index (χ0v) is 8.96. The Labute approximate surface area is 88.7 Å². The number of benzene rings is 1. The molecule has 0 radical (unpaired) electrons. The van der Waals surface area contributed by atoms with Gasteiger partial charge in [0.15, 0.2) is 0 Å². The van der Waals surface area contributed by atoms with Crippen LogP contribution in [0.15, 0.2) is 24.3 Å². The highest BCUT2D eigenvalue weighted by atomic mass is 19.1. The van der Waals surface area contributed by atoms with Crippen molar-refractivity contribution >= 4 is 5.97 Å². The Morgan fingerprint density at radius 1 is 1.40 bits per heavy atom. The number of carboxylic acids is 1. The van der Waals surface area contributed by atoms with Crippen LogP contribution in [0.25, 0.3) is 0 Å². The number of halogens is 1. The first-order valence-corrected chi connectivity index (χ1v) is 4.90. The third-order valence-electron chi connectivity index (χ3n) is 2.56. The quantitative estimate of drug-likeness (QED) is 0.829. The van der Waals surface area contributed by atoms with Gasteiger partial charge in [-0.15, -0.1) is 0 Å². The smallest absolute Gasteiger partial charge is 0.309 e. The molecule has 0 amide bonds. The van der Waals surface area contributed by atoms with E-state index in [-0.39, 0.29) is 5.82 Å². The maximum Gasteiger partial charge on any atom is 0.309 e. The molecular weight excluding hydrogens is 195 g/mol. The van der Waals surface area contributed by atoms with Gasteiger partial charge in [0.1, 0.15) is 5.82 Å². The molecule has 82 valence electrons. The third kappa shape index (κ3) is 3.05. The average Bonchev–Trinajstić information content (AvgIpc) is 2.16. The van der Waals surface area contributed by atoms with Crippen LogP contribution in [0.4, 0.5) is 4.39 Å². The fourth-order valence-electron chi connectivity index (χ4n) is 1.26. The summed E-state index contributed by atoms with van der Waals surface area (Å²) in [5.41, 5.74) is -0.228. The Morgan fingerprint density at radius 2 is 2.00 bits per heavy atom. The predicted molar refractivity (Wildman–Crippen MR) is 56.1 cm³/mol. The first-order valence-electron chi connectivity index (χ1n) is 4.90. The first-order chi connectivity index (χ1) is 6.93. The van der Waals surface area contributed by atoms with Gasteiger partial charge in [0.05, 0.1) is 5.41 Å². The summed E-state index contributed by atoms with van der Waals surface area (Å²) in [6.45, 7) is 3.30. The van der Waals surface area contributed by atoms with Gasteiger partial charge >= 0.3 is 5.97 Å². The minimum absolute atomic E-state index is 0.265. The van der Waals surface area contributed by atoms with Crippen LogP contribution >= 0.6 is 0 Å². The number of aryl methyl sites for hydroxylation is 1. The van der Waals surface area contributed by atoms with Gasteiger partial charge in [0.2, 0.25) is 0 Å². The number of rotatable bonds is 4. The van der Waals surface area contributed by atoms with Crippen LogP contribution in [0.1, 0.15) is 25.8 Å². The molecule has 1 aromatic carbocycles. The van der Waals surface area contributed by atoms with Crippen molar-refractivity contribution in [2.75, 3.05) is 0 Å². The van der Waals surface area contributed by atoms with Gasteiger partial charge < -0.3 is 5.11 Å². The summed E-state index contributed by atoms with van der Waals surface area (Å²) in [6, 6.07) is 6.46. The van der Waals surface area contributed by atoms with Crippen molar-refractivity contribution in [3.05, 3.63) is 35.6 Å². The molecule has 0 saturated carbocycles. The molecule has 0 spiro atoms. The Balaban J connectivity index is 2.66. The van der Waals surface area contributed by atoms with Crippen LogP contribution in [0.3, 0.4) is 0 Å². The van der Waals surface area contributed by atoms with Crippen molar-refractivity contribution in [2.45, 2.75) is 26.7 Å². The van der Waals surface area contributed by atoms with Crippen LogP contribution < -0.4 is 0 Å². The van der Waals surface area contributed by atoms with E-state index in [1.54, 1.807) is 32.0 Å². The minimum Gasteiger partial charge on any atom is -0.481 e. The fourth-order valence-corrected chi connectivity index (χ4v) is 1.26. The van der Waals surface area contributed by atoms with Crippen molar-refractivity contribution in [2.24, 2.45) is 5.41 Å². The molecule has 0 atom stereocenters. The van der Waals surface area contributed by atoms with E-state index >= 15 is 0 Å². The lowest BCUT2D eigenvalue weighted by molar-refractivity contribution is -0.147. The minimum atomic E-state index is -0.848. The lowest BCUT2D eigenvalue weighted by Gasteiger charge is -2.18. The van der Waals surface area contributed by atoms with Crippen molar-refractivity contribution in [1.29, 1.82) is 0 Å². The average molecular weight is 210 g/mol. The number of aliphatic carboxylic acids is 1. The summed E-state index contributed by atoms with van der Waals surface area (Å²) in [6.07, 6.45) is 0.884. The molecule has 0 aromatic heterocycles. The normalized spacial score (nSPS) is 11.4. The van der Waals surface area contributed by atoms with Crippen molar-refractivity contribution in [1.82, 2.24) is 0 Å². The SMILES string of the molecule is CC(C)(CCc1ccccc1F)C(=O)O. The van der Waals surface area contributed by atoms with Crippen LogP contribution in [0.5, 0.6) is 0 Å². The van der Waals surface area contributed by atoms with Crippen LogP contribution in [0, 0.1) is 11.2 Å². The van der Waals surface area contributed by atoms with Gasteiger partial charge in [-0.2, -0.15) is 0 Å². The summed E-state index contributed by atoms with van der Waals surface area (Å²) < 4.78 is 13.2. The van der Waals surface area contributed by atoms with Crippen LogP contribution in [-0.2, 0) is 11.2 Å². The second kappa shape index (κ2) is 4.43. The van der Waals surface area contributed by atoms with Gasteiger partial charge in [-0.25, -0.2) is 4.39 Å². The molecule has 0 fully saturated rings. The maximum atomic E-state index is 13.2. The standard InChI is InChI=1S/C12H15FO2/c1-12(2,11(14)15)8-7-9-5-3-4-6-10(9)13/h3-6H,7-8H2,1-2H3,(H,14,15). The maximum absolute atomic E-state index is 13.2. The van der Waals surface area contributed by atoms with Crippen molar-refractivity contribution < 1.29 is 14.3 Å². The molecule has 0 heterocycles. The van der Waals surface area contributed by atoms with E-state index in [4.69, 9.17) is 5.11 Å². The molecule has 0 saturated heterocycles. The Bertz CT molecular complexity index is 358. The molecule has 0 aliphatic carbocycles. The largest absolute Gasteiger partial charge is 0.481 e. The van der Waals surface area contributed by atoms with E-state index < -0.39 is 11.4 Å². The summed E-state index contributed by atoms with van der Waals surface area (Å²) in [5, 5.41) is 8.89. The Hall–Kier alpha value is -1.38. The molecule has 1 N–H and O–H groups in total. The fraction of sp³-hybridized carbons (Fsp3) is 0.417. The Kier molecular flexibility index (Phi) is 3.45. The molecule has 0 unspecified atom stereocenters. The Morgan fingerprint density at radius 3 is 2.53 bits per heavy atom. The highest BCUT2D eigenvalue weighted by Gasteiger charge is 2.26. The van der Waals surface area contributed by atoms with E-state index in [2.05, 4.69) is 0 Å². The summed E-state index contributed by atoms with van der Waals surface area (Å²) in [5.74, 6) is -1.11. The van der Waals surface area contributed by atoms with E-state index in [1.807, 2.05) is 0 Å². The molecule has 0 aliphatic rings. The summed E-state index contributed by atoms with van der Waals surface area (Å²) in [7, 11) is 0. The molecule has 0 aliphatic heterocycles. The monoisotopic (exact) mass is 210 g/mol. The number of carboxylic acid groups (broad SMARTS) is 1. The zero-order chi connectivity index (χ0) is 11.5. The first kappa shape index (κ1) is 11.7. The lowest BCUT2D eigenvalue weighted by atomic mass is 9.86.